The van der Waals surface area contributed by atoms with E-state index in [2.05, 4.69) is 28.1 Å². The molecule has 3 heteroatoms. The Morgan fingerprint density at radius 1 is 1.40 bits per heavy atom. The molecule has 0 aliphatic heterocycles. The molecule has 0 saturated carbocycles. The molecule has 0 N–H and O–H groups in total. The number of hydrogen-bond acceptors (Lipinski definition) is 1. The predicted octanol–water partition coefficient (Wildman–Crippen LogP) is 3.45. The zero-order valence-corrected chi connectivity index (χ0v) is 10.6. The van der Waals surface area contributed by atoms with Crippen LogP contribution >= 0.6 is 15.9 Å². The zero-order chi connectivity index (χ0) is 11.2. The fraction of sp³-hybridized carbons (Fsp3) is 0.250. The summed E-state index contributed by atoms with van der Waals surface area (Å²) in [5.41, 5.74) is 3.01. The van der Waals surface area contributed by atoms with Crippen molar-refractivity contribution in [1.82, 2.24) is 4.57 Å². The first-order valence-corrected chi connectivity index (χ1v) is 5.57. The first-order valence-electron chi connectivity index (χ1n) is 4.78. The number of carbonyl (C=O) groups is 1. The molecule has 15 heavy (non-hydrogen) atoms. The highest BCUT2D eigenvalue weighted by molar-refractivity contribution is 9.10. The summed E-state index contributed by atoms with van der Waals surface area (Å²) >= 11 is 3.50. The molecule has 0 spiro atoms. The number of ketones is 1. The summed E-state index contributed by atoms with van der Waals surface area (Å²) in [7, 11) is 1.92. The summed E-state index contributed by atoms with van der Waals surface area (Å²) in [6.45, 7) is 3.64. The maximum atomic E-state index is 11.5. The molecule has 1 aromatic heterocycles. The summed E-state index contributed by atoms with van der Waals surface area (Å²) in [4.78, 5) is 11.5. The second-order valence-electron chi connectivity index (χ2n) is 3.80. The van der Waals surface area contributed by atoms with Gasteiger partial charge in [0.05, 0.1) is 10.2 Å². The summed E-state index contributed by atoms with van der Waals surface area (Å²) < 4.78 is 2.83. The van der Waals surface area contributed by atoms with E-state index in [1.54, 1.807) is 6.92 Å². The van der Waals surface area contributed by atoms with E-state index in [1.807, 2.05) is 24.6 Å². The Kier molecular flexibility index (Phi) is 2.43. The quantitative estimate of drug-likeness (QED) is 0.724. The summed E-state index contributed by atoms with van der Waals surface area (Å²) in [5.74, 6) is 0.0817. The number of Topliss-reactive ketones (excluding diaryl/α,β-unsaturated/α-hetero) is 1. The minimum atomic E-state index is 0.0817. The second-order valence-corrected chi connectivity index (χ2v) is 4.59. The Labute approximate surface area is 97.0 Å². The van der Waals surface area contributed by atoms with E-state index in [9.17, 15) is 4.79 Å². The molecule has 1 heterocycles. The number of carbonyl (C=O) groups excluding carboxylic acids is 1. The van der Waals surface area contributed by atoms with E-state index < -0.39 is 0 Å². The maximum Gasteiger partial charge on any atom is 0.177 e. The molecule has 0 aliphatic rings. The van der Waals surface area contributed by atoms with E-state index in [-0.39, 0.29) is 5.78 Å². The maximum absolute atomic E-state index is 11.5. The monoisotopic (exact) mass is 265 g/mol. The number of aromatic nitrogens is 1. The van der Waals surface area contributed by atoms with Crippen LogP contribution in [0.4, 0.5) is 0 Å². The van der Waals surface area contributed by atoms with Crippen LogP contribution in [0.5, 0.6) is 0 Å². The fourth-order valence-corrected chi connectivity index (χ4v) is 2.77. The van der Waals surface area contributed by atoms with E-state index in [0.29, 0.717) is 0 Å². The van der Waals surface area contributed by atoms with Gasteiger partial charge in [0.1, 0.15) is 0 Å². The van der Waals surface area contributed by atoms with Gasteiger partial charge in [-0.05, 0) is 35.0 Å². The Morgan fingerprint density at radius 2 is 2.07 bits per heavy atom. The van der Waals surface area contributed by atoms with Crippen LogP contribution < -0.4 is 0 Å². The van der Waals surface area contributed by atoms with Crippen molar-refractivity contribution in [2.24, 2.45) is 7.05 Å². The number of rotatable bonds is 1. The molecule has 0 atom stereocenters. The predicted molar refractivity (Wildman–Crippen MR) is 65.4 cm³/mol. The SMILES string of the molecule is CC(=O)c1c(Br)c2cc(C)ccc2n1C. The van der Waals surface area contributed by atoms with Gasteiger partial charge in [0.25, 0.3) is 0 Å². The van der Waals surface area contributed by atoms with Crippen molar-refractivity contribution in [2.45, 2.75) is 13.8 Å². The Hall–Kier alpha value is -1.09. The van der Waals surface area contributed by atoms with Crippen LogP contribution in [-0.4, -0.2) is 10.4 Å². The van der Waals surface area contributed by atoms with Crippen LogP contribution in [0.2, 0.25) is 0 Å². The van der Waals surface area contributed by atoms with Crippen molar-refractivity contribution in [3.63, 3.8) is 0 Å². The molecule has 0 bridgehead atoms. The smallest absolute Gasteiger partial charge is 0.177 e. The van der Waals surface area contributed by atoms with Crippen LogP contribution in [0.15, 0.2) is 22.7 Å². The van der Waals surface area contributed by atoms with Gasteiger partial charge < -0.3 is 4.57 Å². The lowest BCUT2D eigenvalue weighted by atomic mass is 10.2. The van der Waals surface area contributed by atoms with Crippen molar-refractivity contribution >= 4 is 32.6 Å². The molecule has 0 amide bonds. The highest BCUT2D eigenvalue weighted by Gasteiger charge is 2.15. The molecule has 2 aromatic rings. The third-order valence-corrected chi connectivity index (χ3v) is 3.43. The molecule has 1 aromatic carbocycles. The fourth-order valence-electron chi connectivity index (χ4n) is 1.90. The van der Waals surface area contributed by atoms with E-state index >= 15 is 0 Å². The average Bonchev–Trinajstić information content (AvgIpc) is 2.39. The van der Waals surface area contributed by atoms with Crippen molar-refractivity contribution in [3.8, 4) is 0 Å². The topological polar surface area (TPSA) is 22.0 Å². The molecule has 0 aliphatic carbocycles. The average molecular weight is 266 g/mol. The molecule has 78 valence electrons. The summed E-state index contributed by atoms with van der Waals surface area (Å²) in [6.07, 6.45) is 0. The molecule has 0 saturated heterocycles. The molecule has 0 unspecified atom stereocenters. The minimum Gasteiger partial charge on any atom is -0.340 e. The Morgan fingerprint density at radius 3 is 2.67 bits per heavy atom. The van der Waals surface area contributed by atoms with Crippen molar-refractivity contribution in [1.29, 1.82) is 0 Å². The molecule has 2 nitrogen and oxygen atoms in total. The van der Waals surface area contributed by atoms with Crippen molar-refractivity contribution in [3.05, 3.63) is 33.9 Å². The van der Waals surface area contributed by atoms with Crippen LogP contribution in [0.25, 0.3) is 10.9 Å². The second kappa shape index (κ2) is 3.49. The first kappa shape index (κ1) is 10.4. The van der Waals surface area contributed by atoms with Gasteiger partial charge in [0.2, 0.25) is 0 Å². The molecule has 2 rings (SSSR count). The van der Waals surface area contributed by atoms with E-state index in [4.69, 9.17) is 0 Å². The lowest BCUT2D eigenvalue weighted by molar-refractivity contribution is 0.101. The van der Waals surface area contributed by atoms with E-state index in [0.717, 1.165) is 21.1 Å². The minimum absolute atomic E-state index is 0.0817. The Balaban J connectivity index is 2.91. The highest BCUT2D eigenvalue weighted by Crippen LogP contribution is 2.31. The summed E-state index contributed by atoms with van der Waals surface area (Å²) in [5, 5.41) is 1.10. The van der Waals surface area contributed by atoms with Gasteiger partial charge in [-0.3, -0.25) is 4.79 Å². The van der Waals surface area contributed by atoms with Crippen molar-refractivity contribution in [2.75, 3.05) is 0 Å². The molecular weight excluding hydrogens is 254 g/mol. The Bertz CT molecular complexity index is 554. The first-order chi connectivity index (χ1) is 7.02. The lowest BCUT2D eigenvalue weighted by Gasteiger charge is -1.99. The molecule has 0 radical (unpaired) electrons. The normalized spacial score (nSPS) is 10.9. The van der Waals surface area contributed by atoms with Gasteiger partial charge >= 0.3 is 0 Å². The van der Waals surface area contributed by atoms with Crippen LogP contribution in [0.3, 0.4) is 0 Å². The number of fused-ring (bicyclic) bond motifs is 1. The van der Waals surface area contributed by atoms with Gasteiger partial charge in [-0.15, -0.1) is 0 Å². The highest BCUT2D eigenvalue weighted by atomic mass is 79.9. The number of halogens is 1. The standard InChI is InChI=1S/C12H12BrNO/c1-7-4-5-10-9(6-7)11(13)12(8(2)15)14(10)3/h4-6H,1-3H3. The van der Waals surface area contributed by atoms with E-state index in [1.165, 1.54) is 5.56 Å². The largest absolute Gasteiger partial charge is 0.340 e. The van der Waals surface area contributed by atoms with Gasteiger partial charge in [-0.25, -0.2) is 0 Å². The van der Waals surface area contributed by atoms with Gasteiger partial charge in [-0.1, -0.05) is 11.6 Å². The van der Waals surface area contributed by atoms with Crippen LogP contribution in [0.1, 0.15) is 23.0 Å². The number of benzene rings is 1. The molecular formula is C12H12BrNO. The number of hydrogen-bond donors (Lipinski definition) is 0. The van der Waals surface area contributed by atoms with Gasteiger partial charge in [-0.2, -0.15) is 0 Å². The summed E-state index contributed by atoms with van der Waals surface area (Å²) in [6, 6.07) is 6.19. The van der Waals surface area contributed by atoms with Gasteiger partial charge in [0.15, 0.2) is 5.78 Å². The van der Waals surface area contributed by atoms with Crippen LogP contribution in [0, 0.1) is 6.92 Å². The van der Waals surface area contributed by atoms with Crippen LogP contribution in [-0.2, 0) is 7.05 Å². The zero-order valence-electron chi connectivity index (χ0n) is 8.97. The number of aryl methyl sites for hydroxylation is 2. The third kappa shape index (κ3) is 1.51. The van der Waals surface area contributed by atoms with Crippen molar-refractivity contribution < 1.29 is 4.79 Å². The van der Waals surface area contributed by atoms with Gasteiger partial charge in [0, 0.05) is 24.9 Å². The third-order valence-electron chi connectivity index (χ3n) is 2.63. The number of nitrogens with zero attached hydrogens (tertiary/aromatic N) is 1. The molecule has 0 fully saturated rings. The lowest BCUT2D eigenvalue weighted by Crippen LogP contribution is -2.01.